The van der Waals surface area contributed by atoms with E-state index in [0.29, 0.717) is 12.0 Å². The summed E-state index contributed by atoms with van der Waals surface area (Å²) in [4.78, 5) is 11.5. The summed E-state index contributed by atoms with van der Waals surface area (Å²) < 4.78 is 0. The van der Waals surface area contributed by atoms with E-state index in [-0.39, 0.29) is 0 Å². The number of fused-ring (bicyclic) bond motifs is 2. The van der Waals surface area contributed by atoms with Crippen LogP contribution in [0.4, 0.5) is 5.82 Å². The smallest absolute Gasteiger partial charge is 0.135 e. The lowest BCUT2D eigenvalue weighted by atomic mass is 9.78. The number of nitrogens with zero attached hydrogens (tertiary/aromatic N) is 3. The molecule has 102 valence electrons. The third-order valence-electron chi connectivity index (χ3n) is 5.31. The lowest BCUT2D eigenvalue weighted by Gasteiger charge is -2.29. The van der Waals surface area contributed by atoms with Crippen molar-refractivity contribution in [3.63, 3.8) is 0 Å². The van der Waals surface area contributed by atoms with Gasteiger partial charge < -0.3 is 10.6 Å². The van der Waals surface area contributed by atoms with Gasteiger partial charge >= 0.3 is 0 Å². The number of rotatable bonds is 1. The maximum absolute atomic E-state index is 6.31. The van der Waals surface area contributed by atoms with Gasteiger partial charge in [0, 0.05) is 30.4 Å². The Morgan fingerprint density at radius 1 is 1.11 bits per heavy atom. The van der Waals surface area contributed by atoms with Crippen LogP contribution in [-0.4, -0.2) is 29.1 Å². The fraction of sp³-hybridized carbons (Fsp3) is 0.733. The Bertz CT molecular complexity index is 487. The molecule has 0 radical (unpaired) electrons. The first-order chi connectivity index (χ1) is 9.33. The average molecular weight is 258 g/mol. The molecule has 2 N–H and O–H groups in total. The monoisotopic (exact) mass is 258 g/mol. The van der Waals surface area contributed by atoms with Gasteiger partial charge in [0.2, 0.25) is 0 Å². The molecule has 1 aromatic rings. The third kappa shape index (κ3) is 1.84. The van der Waals surface area contributed by atoms with E-state index in [4.69, 9.17) is 5.73 Å². The standard InChI is InChI=1S/C15H22N4/c16-13-5-1-3-10-7-19(8-12(10)13)15-11-4-2-6-14(11)17-9-18-15/h9-10,12-13H,1-8,16H2. The number of hydrogen-bond acceptors (Lipinski definition) is 4. The Hall–Kier alpha value is -1.16. The minimum absolute atomic E-state index is 0.402. The zero-order chi connectivity index (χ0) is 12.8. The Balaban J connectivity index is 1.63. The first kappa shape index (κ1) is 11.6. The summed E-state index contributed by atoms with van der Waals surface area (Å²) in [6.45, 7) is 2.26. The van der Waals surface area contributed by atoms with Crippen LogP contribution in [0.15, 0.2) is 6.33 Å². The van der Waals surface area contributed by atoms with Crippen LogP contribution in [-0.2, 0) is 12.8 Å². The topological polar surface area (TPSA) is 55.0 Å². The molecule has 1 aliphatic heterocycles. The fourth-order valence-corrected chi connectivity index (χ4v) is 4.30. The van der Waals surface area contributed by atoms with Gasteiger partial charge in [-0.3, -0.25) is 0 Å². The van der Waals surface area contributed by atoms with Crippen molar-refractivity contribution >= 4 is 5.82 Å². The number of aryl methyl sites for hydroxylation is 1. The van der Waals surface area contributed by atoms with Crippen LogP contribution >= 0.6 is 0 Å². The van der Waals surface area contributed by atoms with Gasteiger partial charge in [0.05, 0.1) is 0 Å². The van der Waals surface area contributed by atoms with E-state index >= 15 is 0 Å². The molecule has 3 unspecified atom stereocenters. The van der Waals surface area contributed by atoms with Crippen molar-refractivity contribution in [3.05, 3.63) is 17.6 Å². The van der Waals surface area contributed by atoms with Crippen molar-refractivity contribution in [1.29, 1.82) is 0 Å². The predicted octanol–water partition coefficient (Wildman–Crippen LogP) is 1.53. The normalized spacial score (nSPS) is 33.3. The van der Waals surface area contributed by atoms with Crippen molar-refractivity contribution in [3.8, 4) is 0 Å². The molecule has 0 amide bonds. The van der Waals surface area contributed by atoms with Gasteiger partial charge in [0.25, 0.3) is 0 Å². The van der Waals surface area contributed by atoms with Crippen molar-refractivity contribution < 1.29 is 0 Å². The minimum atomic E-state index is 0.402. The zero-order valence-electron chi connectivity index (χ0n) is 11.4. The summed E-state index contributed by atoms with van der Waals surface area (Å²) in [7, 11) is 0. The summed E-state index contributed by atoms with van der Waals surface area (Å²) >= 11 is 0. The van der Waals surface area contributed by atoms with Gasteiger partial charge in [-0.05, 0) is 43.9 Å². The second kappa shape index (κ2) is 4.44. The van der Waals surface area contributed by atoms with Crippen molar-refractivity contribution in [2.45, 2.75) is 44.6 Å². The molecule has 0 spiro atoms. The van der Waals surface area contributed by atoms with Crippen molar-refractivity contribution in [2.24, 2.45) is 17.6 Å². The molecule has 1 aromatic heterocycles. The molecule has 0 aromatic carbocycles. The first-order valence-corrected chi connectivity index (χ1v) is 7.66. The molecule has 19 heavy (non-hydrogen) atoms. The third-order valence-corrected chi connectivity index (χ3v) is 5.31. The van der Waals surface area contributed by atoms with E-state index in [0.717, 1.165) is 31.8 Å². The molecule has 4 heteroatoms. The maximum Gasteiger partial charge on any atom is 0.135 e. The van der Waals surface area contributed by atoms with Gasteiger partial charge in [-0.15, -0.1) is 0 Å². The number of anilines is 1. The number of nitrogens with two attached hydrogens (primary N) is 1. The number of aromatic nitrogens is 2. The van der Waals surface area contributed by atoms with Crippen LogP contribution in [0, 0.1) is 11.8 Å². The predicted molar refractivity (Wildman–Crippen MR) is 75.1 cm³/mol. The van der Waals surface area contributed by atoms with Gasteiger partial charge in [0.1, 0.15) is 12.1 Å². The van der Waals surface area contributed by atoms with E-state index in [2.05, 4.69) is 14.9 Å². The van der Waals surface area contributed by atoms with Gasteiger partial charge in [0.15, 0.2) is 0 Å². The van der Waals surface area contributed by atoms with Crippen LogP contribution in [0.2, 0.25) is 0 Å². The molecule has 1 saturated carbocycles. The molecule has 3 atom stereocenters. The highest BCUT2D eigenvalue weighted by Gasteiger charge is 2.40. The van der Waals surface area contributed by atoms with Crippen LogP contribution in [0.25, 0.3) is 0 Å². The molecule has 3 aliphatic rings. The molecular formula is C15H22N4. The van der Waals surface area contributed by atoms with E-state index in [1.165, 1.54) is 42.8 Å². The molecule has 1 saturated heterocycles. The molecule has 4 nitrogen and oxygen atoms in total. The van der Waals surface area contributed by atoms with Crippen LogP contribution in [0.5, 0.6) is 0 Å². The highest BCUT2D eigenvalue weighted by molar-refractivity contribution is 5.51. The Morgan fingerprint density at radius 3 is 2.95 bits per heavy atom. The molecule has 2 heterocycles. The van der Waals surface area contributed by atoms with Gasteiger partial charge in [-0.1, -0.05) is 6.42 Å². The summed E-state index contributed by atoms with van der Waals surface area (Å²) in [5.41, 5.74) is 9.01. The maximum atomic E-state index is 6.31. The Morgan fingerprint density at radius 2 is 2.05 bits per heavy atom. The second-order valence-corrected chi connectivity index (χ2v) is 6.40. The summed E-state index contributed by atoms with van der Waals surface area (Å²) in [6.07, 6.45) is 9.13. The highest BCUT2D eigenvalue weighted by atomic mass is 15.2. The van der Waals surface area contributed by atoms with Crippen LogP contribution in [0.1, 0.15) is 36.9 Å². The summed E-state index contributed by atoms with van der Waals surface area (Å²) in [6, 6.07) is 0.402. The fourth-order valence-electron chi connectivity index (χ4n) is 4.30. The first-order valence-electron chi connectivity index (χ1n) is 7.66. The molecule has 2 fully saturated rings. The van der Waals surface area contributed by atoms with Crippen LogP contribution < -0.4 is 10.6 Å². The van der Waals surface area contributed by atoms with Crippen molar-refractivity contribution in [1.82, 2.24) is 9.97 Å². The minimum Gasteiger partial charge on any atom is -0.356 e. The molecular weight excluding hydrogens is 236 g/mol. The van der Waals surface area contributed by atoms with E-state index < -0.39 is 0 Å². The van der Waals surface area contributed by atoms with Gasteiger partial charge in [-0.2, -0.15) is 0 Å². The zero-order valence-corrected chi connectivity index (χ0v) is 11.4. The summed E-state index contributed by atoms with van der Waals surface area (Å²) in [5, 5.41) is 0. The lowest BCUT2D eigenvalue weighted by molar-refractivity contribution is 0.260. The average Bonchev–Trinajstić information content (AvgIpc) is 3.05. The second-order valence-electron chi connectivity index (χ2n) is 6.40. The summed E-state index contributed by atoms with van der Waals surface area (Å²) in [5.74, 6) is 2.68. The van der Waals surface area contributed by atoms with Crippen LogP contribution in [0.3, 0.4) is 0 Å². The molecule has 2 aliphatic carbocycles. The van der Waals surface area contributed by atoms with E-state index in [9.17, 15) is 0 Å². The number of hydrogen-bond donors (Lipinski definition) is 1. The quantitative estimate of drug-likeness (QED) is 0.830. The lowest BCUT2D eigenvalue weighted by Crippen LogP contribution is -2.38. The SMILES string of the molecule is NC1CCCC2CN(c3ncnc4c3CCC4)CC12. The highest BCUT2D eigenvalue weighted by Crippen LogP contribution is 2.39. The van der Waals surface area contributed by atoms with E-state index in [1.807, 2.05) is 0 Å². The Kier molecular flexibility index (Phi) is 2.72. The largest absolute Gasteiger partial charge is 0.356 e. The van der Waals surface area contributed by atoms with E-state index in [1.54, 1.807) is 6.33 Å². The van der Waals surface area contributed by atoms with Gasteiger partial charge in [-0.25, -0.2) is 9.97 Å². The molecule has 4 rings (SSSR count). The molecule has 0 bridgehead atoms. The van der Waals surface area contributed by atoms with Crippen molar-refractivity contribution in [2.75, 3.05) is 18.0 Å². The Labute approximate surface area is 114 Å².